The smallest absolute Gasteiger partial charge is 0.248 e. The maximum atomic E-state index is 13.4. The molecular formula is C20H22ClN3O3. The number of hydrogen-bond donors (Lipinski definition) is 1. The first-order valence-electron chi connectivity index (χ1n) is 9.33. The first kappa shape index (κ1) is 18.0. The number of likely N-dealkylation sites (tertiary alicyclic amines) is 1. The van der Waals surface area contributed by atoms with Gasteiger partial charge in [0, 0.05) is 17.6 Å². The Balaban J connectivity index is 1.52. The number of aryl methyl sites for hydroxylation is 1. The SMILES string of the molecule is Cc1cc(NC(=O)[C@@H]2CCCN2C(=O)C(c2ccc(Cl)cc2)C2CC2)no1. The van der Waals surface area contributed by atoms with E-state index in [0.29, 0.717) is 35.5 Å². The van der Waals surface area contributed by atoms with Crippen LogP contribution in [0.2, 0.25) is 5.02 Å². The van der Waals surface area contributed by atoms with E-state index >= 15 is 0 Å². The number of nitrogens with zero attached hydrogens (tertiary/aromatic N) is 2. The maximum Gasteiger partial charge on any atom is 0.248 e. The number of halogens is 1. The Kier molecular flexibility index (Phi) is 4.91. The summed E-state index contributed by atoms with van der Waals surface area (Å²) in [5.74, 6) is 0.981. The molecule has 2 heterocycles. The molecule has 6 nitrogen and oxygen atoms in total. The summed E-state index contributed by atoms with van der Waals surface area (Å²) < 4.78 is 4.99. The second kappa shape index (κ2) is 7.35. The number of aromatic nitrogens is 1. The maximum absolute atomic E-state index is 13.4. The van der Waals surface area contributed by atoms with Gasteiger partial charge in [0.1, 0.15) is 11.8 Å². The monoisotopic (exact) mass is 387 g/mol. The van der Waals surface area contributed by atoms with Gasteiger partial charge in [0.05, 0.1) is 5.92 Å². The van der Waals surface area contributed by atoms with E-state index in [4.69, 9.17) is 16.1 Å². The Morgan fingerprint density at radius 2 is 2.00 bits per heavy atom. The van der Waals surface area contributed by atoms with Gasteiger partial charge in [-0.15, -0.1) is 0 Å². The quantitative estimate of drug-likeness (QED) is 0.847. The van der Waals surface area contributed by atoms with Crippen LogP contribution in [0.25, 0.3) is 0 Å². The van der Waals surface area contributed by atoms with Crippen molar-refractivity contribution in [1.29, 1.82) is 0 Å². The summed E-state index contributed by atoms with van der Waals surface area (Å²) in [6, 6.07) is 8.68. The second-order valence-electron chi connectivity index (χ2n) is 7.37. The zero-order valence-corrected chi connectivity index (χ0v) is 15.9. The fraction of sp³-hybridized carbons (Fsp3) is 0.450. The van der Waals surface area contributed by atoms with Gasteiger partial charge in [0.2, 0.25) is 11.8 Å². The van der Waals surface area contributed by atoms with Gasteiger partial charge in [0.15, 0.2) is 5.82 Å². The highest BCUT2D eigenvalue weighted by atomic mass is 35.5. The van der Waals surface area contributed by atoms with Crippen LogP contribution in [0.15, 0.2) is 34.9 Å². The largest absolute Gasteiger partial charge is 0.360 e. The van der Waals surface area contributed by atoms with Crippen molar-refractivity contribution in [2.24, 2.45) is 5.92 Å². The van der Waals surface area contributed by atoms with Gasteiger partial charge in [-0.1, -0.05) is 28.9 Å². The van der Waals surface area contributed by atoms with Crippen molar-refractivity contribution in [3.05, 3.63) is 46.7 Å². The van der Waals surface area contributed by atoms with Crippen LogP contribution in [0.3, 0.4) is 0 Å². The third kappa shape index (κ3) is 3.86. The van der Waals surface area contributed by atoms with Gasteiger partial charge >= 0.3 is 0 Å². The predicted molar refractivity (Wildman–Crippen MR) is 102 cm³/mol. The van der Waals surface area contributed by atoms with Gasteiger partial charge in [-0.2, -0.15) is 0 Å². The topological polar surface area (TPSA) is 75.4 Å². The number of carbonyl (C=O) groups excluding carboxylic acids is 2. The second-order valence-corrected chi connectivity index (χ2v) is 7.80. The Morgan fingerprint density at radius 1 is 1.26 bits per heavy atom. The minimum atomic E-state index is -0.469. The van der Waals surface area contributed by atoms with E-state index < -0.39 is 6.04 Å². The number of hydrogen-bond acceptors (Lipinski definition) is 4. The summed E-state index contributed by atoms with van der Waals surface area (Å²) in [7, 11) is 0. The van der Waals surface area contributed by atoms with Crippen LogP contribution in [0.1, 0.15) is 42.9 Å². The lowest BCUT2D eigenvalue weighted by atomic mass is 9.92. The van der Waals surface area contributed by atoms with Crippen LogP contribution in [-0.2, 0) is 9.59 Å². The van der Waals surface area contributed by atoms with Crippen LogP contribution in [0.4, 0.5) is 5.82 Å². The Morgan fingerprint density at radius 3 is 2.63 bits per heavy atom. The van der Waals surface area contributed by atoms with E-state index in [1.807, 2.05) is 24.3 Å². The van der Waals surface area contributed by atoms with E-state index in [9.17, 15) is 9.59 Å². The summed E-state index contributed by atoms with van der Waals surface area (Å²) in [4.78, 5) is 27.8. The Hall–Kier alpha value is -2.34. The van der Waals surface area contributed by atoms with Crippen LogP contribution in [-0.4, -0.2) is 34.5 Å². The molecule has 1 unspecified atom stereocenters. The molecule has 1 N–H and O–H groups in total. The Bertz CT molecular complexity index is 844. The number of anilines is 1. The number of carbonyl (C=O) groups is 2. The molecule has 1 aromatic carbocycles. The average molecular weight is 388 g/mol. The van der Waals surface area contributed by atoms with Crippen molar-refractivity contribution in [2.75, 3.05) is 11.9 Å². The number of benzene rings is 1. The van der Waals surface area contributed by atoms with E-state index in [1.165, 1.54) is 0 Å². The van der Waals surface area contributed by atoms with Crippen LogP contribution >= 0.6 is 11.6 Å². The third-order valence-corrected chi connectivity index (χ3v) is 5.56. The number of amides is 2. The molecule has 1 aliphatic heterocycles. The normalized spacial score (nSPS) is 20.5. The lowest BCUT2D eigenvalue weighted by molar-refractivity contribution is -0.138. The highest BCUT2D eigenvalue weighted by molar-refractivity contribution is 6.30. The van der Waals surface area contributed by atoms with Crippen molar-refractivity contribution in [1.82, 2.24) is 10.1 Å². The van der Waals surface area contributed by atoms with E-state index in [1.54, 1.807) is 17.9 Å². The standard InChI is InChI=1S/C20H22ClN3O3/c1-12-11-17(23-27-12)22-19(25)16-3-2-10-24(16)20(26)18(13-4-5-13)14-6-8-15(21)9-7-14/h6-9,11,13,16,18H,2-5,10H2,1H3,(H,22,23,25)/t16-,18?/m0/s1. The van der Waals surface area contributed by atoms with Crippen molar-refractivity contribution >= 4 is 29.2 Å². The molecule has 142 valence electrons. The third-order valence-electron chi connectivity index (χ3n) is 5.31. The predicted octanol–water partition coefficient (Wildman–Crippen LogP) is 3.76. The summed E-state index contributed by atoms with van der Waals surface area (Å²) >= 11 is 6.00. The molecule has 4 rings (SSSR count). The van der Waals surface area contributed by atoms with Crippen molar-refractivity contribution in [2.45, 2.75) is 44.6 Å². The Labute approximate surface area is 162 Å². The molecule has 2 aliphatic rings. The molecule has 1 saturated heterocycles. The fourth-order valence-corrected chi connectivity index (χ4v) is 3.96. The first-order valence-corrected chi connectivity index (χ1v) is 9.71. The van der Waals surface area contributed by atoms with Crippen LogP contribution in [0, 0.1) is 12.8 Å². The summed E-state index contributed by atoms with van der Waals surface area (Å²) in [6.45, 7) is 2.37. The fourth-order valence-electron chi connectivity index (χ4n) is 3.83. The zero-order valence-electron chi connectivity index (χ0n) is 15.2. The molecule has 2 amide bonds. The molecule has 2 atom stereocenters. The first-order chi connectivity index (χ1) is 13.0. The molecule has 0 radical (unpaired) electrons. The molecule has 0 bridgehead atoms. The minimum Gasteiger partial charge on any atom is -0.360 e. The lowest BCUT2D eigenvalue weighted by Crippen LogP contribution is -2.45. The molecule has 2 fully saturated rings. The molecule has 27 heavy (non-hydrogen) atoms. The molecule has 0 spiro atoms. The molecule has 7 heteroatoms. The lowest BCUT2D eigenvalue weighted by Gasteiger charge is -2.28. The number of rotatable bonds is 5. The van der Waals surface area contributed by atoms with Gasteiger partial charge in [-0.25, -0.2) is 0 Å². The van der Waals surface area contributed by atoms with Gasteiger partial charge in [-0.05, 0) is 56.2 Å². The summed E-state index contributed by atoms with van der Waals surface area (Å²) in [6.07, 6.45) is 3.57. The van der Waals surface area contributed by atoms with E-state index in [2.05, 4.69) is 10.5 Å². The molecule has 1 aliphatic carbocycles. The molecule has 1 saturated carbocycles. The highest BCUT2D eigenvalue weighted by Gasteiger charge is 2.43. The van der Waals surface area contributed by atoms with Crippen LogP contribution in [0.5, 0.6) is 0 Å². The van der Waals surface area contributed by atoms with Gasteiger partial charge in [0.25, 0.3) is 0 Å². The van der Waals surface area contributed by atoms with Crippen molar-refractivity contribution in [3.8, 4) is 0 Å². The number of nitrogens with one attached hydrogen (secondary N) is 1. The zero-order chi connectivity index (χ0) is 19.0. The van der Waals surface area contributed by atoms with Crippen LogP contribution < -0.4 is 5.32 Å². The average Bonchev–Trinajstić information content (AvgIpc) is 3.19. The summed E-state index contributed by atoms with van der Waals surface area (Å²) in [5.41, 5.74) is 0.977. The summed E-state index contributed by atoms with van der Waals surface area (Å²) in [5, 5.41) is 7.22. The van der Waals surface area contributed by atoms with Crippen molar-refractivity contribution in [3.63, 3.8) is 0 Å². The molecular weight excluding hydrogens is 366 g/mol. The highest BCUT2D eigenvalue weighted by Crippen LogP contribution is 2.44. The van der Waals surface area contributed by atoms with E-state index in [0.717, 1.165) is 24.8 Å². The molecule has 1 aromatic heterocycles. The van der Waals surface area contributed by atoms with Gasteiger partial charge in [-0.3, -0.25) is 9.59 Å². The van der Waals surface area contributed by atoms with Crippen molar-refractivity contribution < 1.29 is 14.1 Å². The van der Waals surface area contributed by atoms with E-state index in [-0.39, 0.29) is 17.7 Å². The molecule has 2 aromatic rings. The minimum absolute atomic E-state index is 0.0359. The van der Waals surface area contributed by atoms with Gasteiger partial charge < -0.3 is 14.7 Å².